The molecule has 3 nitrogen and oxygen atoms in total. The number of nitrogens with two attached hydrogens (primary N) is 1. The number of carbonyl (C=O) groups excluding carboxylic acids is 1. The van der Waals surface area contributed by atoms with Gasteiger partial charge in [-0.2, -0.15) is 13.2 Å². The lowest BCUT2D eigenvalue weighted by molar-refractivity contribution is -0.140. The molecule has 1 atom stereocenters. The molecule has 0 saturated carbocycles. The van der Waals surface area contributed by atoms with E-state index in [-0.39, 0.29) is 18.2 Å². The first kappa shape index (κ1) is 16.4. The fraction of sp³-hybridized carbons (Fsp3) is 0.462. The first-order valence-corrected chi connectivity index (χ1v) is 6.02. The number of hydrogen-bond donors (Lipinski definition) is 2. The first-order chi connectivity index (χ1) is 9.12. The summed E-state index contributed by atoms with van der Waals surface area (Å²) in [5, 5.41) is 2.94. The number of halogens is 4. The second-order valence-corrected chi connectivity index (χ2v) is 4.75. The molecule has 1 aromatic rings. The highest BCUT2D eigenvalue weighted by molar-refractivity contribution is 5.82. The standard InChI is InChI=1S/C13H16F4N2O/c1-7(2)19-6-9(12(18)20)8-3-4-10(11(14)5-8)13(15,16)17/h3-5,7,9,19H,6H2,1-2H3,(H2,18,20)/t9-/m1/s1. The highest BCUT2D eigenvalue weighted by atomic mass is 19.4. The molecule has 0 aliphatic heterocycles. The minimum absolute atomic E-state index is 0.0659. The van der Waals surface area contributed by atoms with Crippen LogP contribution >= 0.6 is 0 Å². The summed E-state index contributed by atoms with van der Waals surface area (Å²) in [5.74, 6) is -3.02. The van der Waals surface area contributed by atoms with E-state index < -0.39 is 29.4 Å². The van der Waals surface area contributed by atoms with Gasteiger partial charge in [-0.15, -0.1) is 0 Å². The average Bonchev–Trinajstić information content (AvgIpc) is 2.26. The maximum absolute atomic E-state index is 13.5. The zero-order valence-electron chi connectivity index (χ0n) is 11.1. The molecule has 3 N–H and O–H groups in total. The molecule has 1 aromatic carbocycles. The summed E-state index contributed by atoms with van der Waals surface area (Å²) >= 11 is 0. The van der Waals surface area contributed by atoms with Crippen LogP contribution in [-0.2, 0) is 11.0 Å². The molecule has 1 rings (SSSR count). The summed E-state index contributed by atoms with van der Waals surface area (Å²) in [7, 11) is 0. The van der Waals surface area contributed by atoms with Crippen LogP contribution in [0.15, 0.2) is 18.2 Å². The van der Waals surface area contributed by atoms with Gasteiger partial charge in [0.05, 0.1) is 11.5 Å². The number of alkyl halides is 3. The Hall–Kier alpha value is -1.63. The van der Waals surface area contributed by atoms with Gasteiger partial charge in [0, 0.05) is 12.6 Å². The predicted octanol–water partition coefficient (Wildman–Crippen LogP) is 2.41. The van der Waals surface area contributed by atoms with Crippen molar-refractivity contribution < 1.29 is 22.4 Å². The van der Waals surface area contributed by atoms with Gasteiger partial charge in [-0.05, 0) is 17.7 Å². The normalized spacial score (nSPS) is 13.6. The van der Waals surface area contributed by atoms with E-state index in [1.807, 2.05) is 13.8 Å². The Morgan fingerprint density at radius 1 is 1.35 bits per heavy atom. The lowest BCUT2D eigenvalue weighted by atomic mass is 9.96. The summed E-state index contributed by atoms with van der Waals surface area (Å²) in [6.07, 6.45) is -4.76. The predicted molar refractivity (Wildman–Crippen MR) is 66.5 cm³/mol. The van der Waals surface area contributed by atoms with E-state index in [1.165, 1.54) is 0 Å². The van der Waals surface area contributed by atoms with Crippen molar-refractivity contribution in [3.05, 3.63) is 35.1 Å². The van der Waals surface area contributed by atoms with E-state index in [1.54, 1.807) is 0 Å². The molecule has 0 bridgehead atoms. The molecule has 20 heavy (non-hydrogen) atoms. The highest BCUT2D eigenvalue weighted by Crippen LogP contribution is 2.32. The van der Waals surface area contributed by atoms with E-state index in [4.69, 9.17) is 5.73 Å². The molecule has 0 aromatic heterocycles. The summed E-state index contributed by atoms with van der Waals surface area (Å²) in [6, 6.07) is 2.47. The van der Waals surface area contributed by atoms with Gasteiger partial charge in [0.2, 0.25) is 5.91 Å². The molecule has 0 unspecified atom stereocenters. The Kier molecular flexibility index (Phi) is 5.10. The van der Waals surface area contributed by atoms with Crippen LogP contribution in [0.3, 0.4) is 0 Å². The second kappa shape index (κ2) is 6.21. The number of amides is 1. The molecule has 0 heterocycles. The van der Waals surface area contributed by atoms with Gasteiger partial charge in [0.15, 0.2) is 0 Å². The van der Waals surface area contributed by atoms with Crippen molar-refractivity contribution >= 4 is 5.91 Å². The van der Waals surface area contributed by atoms with Gasteiger partial charge in [0.25, 0.3) is 0 Å². The van der Waals surface area contributed by atoms with Crippen molar-refractivity contribution in [2.75, 3.05) is 6.54 Å². The SMILES string of the molecule is CC(C)NC[C@@H](C(N)=O)c1ccc(C(F)(F)F)c(F)c1. The van der Waals surface area contributed by atoms with E-state index in [2.05, 4.69) is 5.32 Å². The largest absolute Gasteiger partial charge is 0.419 e. The van der Waals surface area contributed by atoms with Crippen LogP contribution in [0, 0.1) is 5.82 Å². The minimum atomic E-state index is -4.76. The molecule has 1 amide bonds. The van der Waals surface area contributed by atoms with Crippen molar-refractivity contribution in [2.45, 2.75) is 32.0 Å². The van der Waals surface area contributed by atoms with Crippen molar-refractivity contribution in [2.24, 2.45) is 5.73 Å². The Morgan fingerprint density at radius 2 is 1.95 bits per heavy atom. The Bertz CT molecular complexity index is 486. The summed E-state index contributed by atoms with van der Waals surface area (Å²) in [4.78, 5) is 11.3. The van der Waals surface area contributed by atoms with E-state index in [0.29, 0.717) is 12.1 Å². The van der Waals surface area contributed by atoms with Crippen LogP contribution in [0.1, 0.15) is 30.9 Å². The first-order valence-electron chi connectivity index (χ1n) is 6.02. The Labute approximate surface area is 114 Å². The number of benzene rings is 1. The van der Waals surface area contributed by atoms with Crippen molar-refractivity contribution in [3.63, 3.8) is 0 Å². The minimum Gasteiger partial charge on any atom is -0.369 e. The van der Waals surface area contributed by atoms with Crippen molar-refractivity contribution in [3.8, 4) is 0 Å². The highest BCUT2D eigenvalue weighted by Gasteiger charge is 2.34. The van der Waals surface area contributed by atoms with Gasteiger partial charge < -0.3 is 11.1 Å². The lowest BCUT2D eigenvalue weighted by Crippen LogP contribution is -2.34. The quantitative estimate of drug-likeness (QED) is 0.819. The van der Waals surface area contributed by atoms with Crippen molar-refractivity contribution in [1.82, 2.24) is 5.32 Å². The van der Waals surface area contributed by atoms with Gasteiger partial charge in [0.1, 0.15) is 5.82 Å². The second-order valence-electron chi connectivity index (χ2n) is 4.75. The zero-order chi connectivity index (χ0) is 15.5. The molecule has 0 fully saturated rings. The molecule has 0 aliphatic carbocycles. The van der Waals surface area contributed by atoms with Crippen LogP contribution in [0.4, 0.5) is 17.6 Å². The summed E-state index contributed by atoms with van der Waals surface area (Å²) in [5.41, 5.74) is 3.97. The van der Waals surface area contributed by atoms with E-state index >= 15 is 0 Å². The lowest BCUT2D eigenvalue weighted by Gasteiger charge is -2.18. The van der Waals surface area contributed by atoms with Crippen molar-refractivity contribution in [1.29, 1.82) is 0 Å². The van der Waals surface area contributed by atoms with Crippen LogP contribution in [0.25, 0.3) is 0 Å². The Balaban J connectivity index is 3.04. The number of hydrogen-bond acceptors (Lipinski definition) is 2. The molecule has 0 spiro atoms. The summed E-state index contributed by atoms with van der Waals surface area (Å²) < 4.78 is 50.8. The van der Waals surface area contributed by atoms with Gasteiger partial charge in [-0.1, -0.05) is 19.9 Å². The number of nitrogens with one attached hydrogen (secondary N) is 1. The maximum Gasteiger partial charge on any atom is 0.419 e. The fourth-order valence-corrected chi connectivity index (χ4v) is 1.71. The monoisotopic (exact) mass is 292 g/mol. The Morgan fingerprint density at radius 3 is 2.35 bits per heavy atom. The molecule has 0 radical (unpaired) electrons. The van der Waals surface area contributed by atoms with Gasteiger partial charge in [-0.3, -0.25) is 4.79 Å². The topological polar surface area (TPSA) is 55.1 Å². The third-order valence-electron chi connectivity index (χ3n) is 2.77. The smallest absolute Gasteiger partial charge is 0.369 e. The number of rotatable bonds is 5. The third kappa shape index (κ3) is 4.19. The van der Waals surface area contributed by atoms with Crippen LogP contribution in [-0.4, -0.2) is 18.5 Å². The fourth-order valence-electron chi connectivity index (χ4n) is 1.71. The van der Waals surface area contributed by atoms with E-state index in [9.17, 15) is 22.4 Å². The molecule has 0 saturated heterocycles. The molecular weight excluding hydrogens is 276 g/mol. The maximum atomic E-state index is 13.5. The molecule has 112 valence electrons. The average molecular weight is 292 g/mol. The molecule has 7 heteroatoms. The van der Waals surface area contributed by atoms with Crippen LogP contribution in [0.2, 0.25) is 0 Å². The zero-order valence-corrected chi connectivity index (χ0v) is 11.1. The third-order valence-corrected chi connectivity index (χ3v) is 2.77. The molecular formula is C13H16F4N2O. The van der Waals surface area contributed by atoms with Gasteiger partial charge in [-0.25, -0.2) is 4.39 Å². The summed E-state index contributed by atoms with van der Waals surface area (Å²) in [6.45, 7) is 3.81. The van der Waals surface area contributed by atoms with Crippen LogP contribution < -0.4 is 11.1 Å². The van der Waals surface area contributed by atoms with Crippen LogP contribution in [0.5, 0.6) is 0 Å². The number of carbonyl (C=O) groups is 1. The van der Waals surface area contributed by atoms with Gasteiger partial charge >= 0.3 is 6.18 Å². The van der Waals surface area contributed by atoms with E-state index in [0.717, 1.165) is 6.07 Å². The molecule has 0 aliphatic rings. The number of primary amides is 1.